The summed E-state index contributed by atoms with van der Waals surface area (Å²) < 4.78 is 7.50. The van der Waals surface area contributed by atoms with E-state index < -0.39 is 0 Å². The molecule has 5 nitrogen and oxygen atoms in total. The SMILES string of the molecule is COCCNCC1CCCCN1Cc1cncn1C1CC1. The topological polar surface area (TPSA) is 42.3 Å². The van der Waals surface area contributed by atoms with Crippen molar-refractivity contribution in [2.45, 2.75) is 50.7 Å². The van der Waals surface area contributed by atoms with E-state index in [4.69, 9.17) is 4.74 Å². The Hall–Kier alpha value is -0.910. The second kappa shape index (κ2) is 7.38. The lowest BCUT2D eigenvalue weighted by Gasteiger charge is -2.36. The first-order valence-electron chi connectivity index (χ1n) is 8.33. The molecule has 1 aromatic rings. The van der Waals surface area contributed by atoms with Gasteiger partial charge in [0.1, 0.15) is 0 Å². The van der Waals surface area contributed by atoms with E-state index in [2.05, 4.69) is 26.0 Å². The Morgan fingerprint density at radius 1 is 1.33 bits per heavy atom. The summed E-state index contributed by atoms with van der Waals surface area (Å²) in [7, 11) is 1.76. The zero-order valence-corrected chi connectivity index (χ0v) is 13.1. The highest BCUT2D eigenvalue weighted by Gasteiger charge is 2.28. The van der Waals surface area contributed by atoms with Crippen molar-refractivity contribution in [1.82, 2.24) is 19.8 Å². The van der Waals surface area contributed by atoms with E-state index in [1.807, 2.05) is 6.33 Å². The van der Waals surface area contributed by atoms with Crippen molar-refractivity contribution in [1.29, 1.82) is 0 Å². The van der Waals surface area contributed by atoms with Crippen molar-refractivity contribution in [3.8, 4) is 0 Å². The molecule has 2 heterocycles. The molecule has 1 unspecified atom stereocenters. The highest BCUT2D eigenvalue weighted by Crippen LogP contribution is 2.36. The number of hydrogen-bond donors (Lipinski definition) is 1. The van der Waals surface area contributed by atoms with Gasteiger partial charge in [0.2, 0.25) is 0 Å². The molecule has 0 aromatic carbocycles. The number of likely N-dealkylation sites (tertiary alicyclic amines) is 1. The quantitative estimate of drug-likeness (QED) is 0.742. The van der Waals surface area contributed by atoms with Crippen LogP contribution < -0.4 is 5.32 Å². The molecule has 1 atom stereocenters. The lowest BCUT2D eigenvalue weighted by molar-refractivity contribution is 0.130. The minimum Gasteiger partial charge on any atom is -0.383 e. The summed E-state index contributed by atoms with van der Waals surface area (Å²) in [4.78, 5) is 7.00. The average molecular weight is 292 g/mol. The van der Waals surface area contributed by atoms with E-state index in [9.17, 15) is 0 Å². The molecule has 1 N–H and O–H groups in total. The molecule has 21 heavy (non-hydrogen) atoms. The Morgan fingerprint density at radius 2 is 2.24 bits per heavy atom. The largest absolute Gasteiger partial charge is 0.383 e. The second-order valence-corrected chi connectivity index (χ2v) is 6.34. The molecule has 2 aliphatic rings. The van der Waals surface area contributed by atoms with Crippen LogP contribution in [-0.4, -0.2) is 53.8 Å². The monoisotopic (exact) mass is 292 g/mol. The molecule has 0 amide bonds. The maximum absolute atomic E-state index is 5.10. The highest BCUT2D eigenvalue weighted by molar-refractivity contribution is 5.04. The Balaban J connectivity index is 1.54. The van der Waals surface area contributed by atoms with Crippen LogP contribution in [0.5, 0.6) is 0 Å². The van der Waals surface area contributed by atoms with Gasteiger partial charge in [0.25, 0.3) is 0 Å². The summed E-state index contributed by atoms with van der Waals surface area (Å²) in [5, 5.41) is 3.53. The molecule has 1 aromatic heterocycles. The number of ether oxygens (including phenoxy) is 1. The van der Waals surface area contributed by atoms with Gasteiger partial charge < -0.3 is 14.6 Å². The normalized spacial score (nSPS) is 23.6. The van der Waals surface area contributed by atoms with Gasteiger partial charge in [-0.1, -0.05) is 6.42 Å². The lowest BCUT2D eigenvalue weighted by Crippen LogP contribution is -2.45. The lowest BCUT2D eigenvalue weighted by atomic mass is 10.0. The van der Waals surface area contributed by atoms with Crippen LogP contribution in [0.25, 0.3) is 0 Å². The number of methoxy groups -OCH3 is 1. The van der Waals surface area contributed by atoms with Gasteiger partial charge >= 0.3 is 0 Å². The summed E-state index contributed by atoms with van der Waals surface area (Å²) in [6, 6.07) is 1.38. The van der Waals surface area contributed by atoms with Crippen LogP contribution in [0.3, 0.4) is 0 Å². The first-order valence-corrected chi connectivity index (χ1v) is 8.33. The van der Waals surface area contributed by atoms with Crippen LogP contribution in [0.15, 0.2) is 12.5 Å². The summed E-state index contributed by atoms with van der Waals surface area (Å²) in [5.41, 5.74) is 1.39. The number of piperidine rings is 1. The van der Waals surface area contributed by atoms with Gasteiger partial charge in [0.15, 0.2) is 0 Å². The third kappa shape index (κ3) is 4.05. The fourth-order valence-corrected chi connectivity index (χ4v) is 3.29. The zero-order chi connectivity index (χ0) is 14.5. The van der Waals surface area contributed by atoms with Crippen LogP contribution in [-0.2, 0) is 11.3 Å². The summed E-state index contributed by atoms with van der Waals surface area (Å²) in [6.07, 6.45) is 10.7. The molecule has 2 fully saturated rings. The van der Waals surface area contributed by atoms with E-state index in [0.29, 0.717) is 6.04 Å². The van der Waals surface area contributed by atoms with E-state index >= 15 is 0 Å². The Bertz CT molecular complexity index is 430. The van der Waals surface area contributed by atoms with Crippen molar-refractivity contribution in [2.75, 3.05) is 33.4 Å². The molecule has 118 valence electrons. The molecule has 3 rings (SSSR count). The number of nitrogens with zero attached hydrogens (tertiary/aromatic N) is 3. The predicted octanol–water partition coefficient (Wildman–Crippen LogP) is 1.81. The first kappa shape index (κ1) is 15.0. The molecule has 0 bridgehead atoms. The van der Waals surface area contributed by atoms with Crippen LogP contribution in [0.1, 0.15) is 43.8 Å². The Kier molecular flexibility index (Phi) is 5.27. The smallest absolute Gasteiger partial charge is 0.0951 e. The van der Waals surface area contributed by atoms with Crippen LogP contribution in [0, 0.1) is 0 Å². The van der Waals surface area contributed by atoms with Crippen molar-refractivity contribution < 1.29 is 4.74 Å². The number of hydrogen-bond acceptors (Lipinski definition) is 4. The maximum atomic E-state index is 5.10. The third-order valence-corrected chi connectivity index (χ3v) is 4.66. The van der Waals surface area contributed by atoms with Crippen LogP contribution >= 0.6 is 0 Å². The Morgan fingerprint density at radius 3 is 3.05 bits per heavy atom. The fourth-order valence-electron chi connectivity index (χ4n) is 3.29. The number of nitrogens with one attached hydrogen (secondary N) is 1. The van der Waals surface area contributed by atoms with Gasteiger partial charge in [0.05, 0.1) is 18.6 Å². The molecule has 1 aliphatic carbocycles. The van der Waals surface area contributed by atoms with Crippen molar-refractivity contribution in [3.63, 3.8) is 0 Å². The Labute approximate surface area is 127 Å². The third-order valence-electron chi connectivity index (χ3n) is 4.66. The summed E-state index contributed by atoms with van der Waals surface area (Å²) in [6.45, 7) is 5.07. The van der Waals surface area contributed by atoms with Crippen molar-refractivity contribution >= 4 is 0 Å². The first-order chi connectivity index (χ1) is 10.4. The molecule has 0 radical (unpaired) electrons. The van der Waals surface area contributed by atoms with Crippen LogP contribution in [0.2, 0.25) is 0 Å². The number of aromatic nitrogens is 2. The molecule has 5 heteroatoms. The molecular formula is C16H28N4O. The van der Waals surface area contributed by atoms with Gasteiger partial charge in [0, 0.05) is 45.0 Å². The number of imidazole rings is 1. The maximum Gasteiger partial charge on any atom is 0.0951 e. The van der Waals surface area contributed by atoms with Crippen molar-refractivity contribution in [2.24, 2.45) is 0 Å². The van der Waals surface area contributed by atoms with E-state index in [1.54, 1.807) is 7.11 Å². The van der Waals surface area contributed by atoms with Crippen LogP contribution in [0.4, 0.5) is 0 Å². The van der Waals surface area contributed by atoms with Gasteiger partial charge in [-0.3, -0.25) is 4.90 Å². The molecule has 0 spiro atoms. The van der Waals surface area contributed by atoms with E-state index in [0.717, 1.165) is 32.3 Å². The summed E-state index contributed by atoms with van der Waals surface area (Å²) in [5.74, 6) is 0. The molecule has 1 saturated heterocycles. The zero-order valence-electron chi connectivity index (χ0n) is 13.1. The minimum atomic E-state index is 0.651. The summed E-state index contributed by atoms with van der Waals surface area (Å²) >= 11 is 0. The molecule has 1 saturated carbocycles. The van der Waals surface area contributed by atoms with E-state index in [1.165, 1.54) is 44.3 Å². The fraction of sp³-hybridized carbons (Fsp3) is 0.812. The van der Waals surface area contributed by atoms with Gasteiger partial charge in [-0.15, -0.1) is 0 Å². The highest BCUT2D eigenvalue weighted by atomic mass is 16.5. The van der Waals surface area contributed by atoms with Gasteiger partial charge in [-0.05, 0) is 32.2 Å². The molecule has 1 aliphatic heterocycles. The average Bonchev–Trinajstić information content (AvgIpc) is 3.25. The molecular weight excluding hydrogens is 264 g/mol. The van der Waals surface area contributed by atoms with Gasteiger partial charge in [-0.2, -0.15) is 0 Å². The predicted molar refractivity (Wildman–Crippen MR) is 83.3 cm³/mol. The second-order valence-electron chi connectivity index (χ2n) is 6.34. The minimum absolute atomic E-state index is 0.651. The van der Waals surface area contributed by atoms with E-state index in [-0.39, 0.29) is 0 Å². The van der Waals surface area contributed by atoms with Gasteiger partial charge in [-0.25, -0.2) is 4.98 Å². The van der Waals surface area contributed by atoms with Crippen molar-refractivity contribution in [3.05, 3.63) is 18.2 Å². The number of rotatable bonds is 8. The standard InChI is InChI=1S/C16H28N4O/c1-21-9-7-17-10-15-4-2-3-8-19(15)12-16-11-18-13-20(16)14-5-6-14/h11,13-15,17H,2-10,12H2,1H3.